The fraction of sp³-hybridized carbons (Fsp3) is 0.136. The van der Waals surface area contributed by atoms with Crippen LogP contribution >= 0.6 is 15.9 Å². The lowest BCUT2D eigenvalue weighted by Gasteiger charge is -2.21. The van der Waals surface area contributed by atoms with Crippen molar-refractivity contribution in [1.82, 2.24) is 0 Å². The molecule has 6 nitrogen and oxygen atoms in total. The molecule has 8 heteroatoms. The fourth-order valence-electron chi connectivity index (χ4n) is 3.12. The molecule has 0 spiro atoms. The van der Waals surface area contributed by atoms with Gasteiger partial charge in [0.25, 0.3) is 10.0 Å². The van der Waals surface area contributed by atoms with Crippen LogP contribution in [-0.4, -0.2) is 20.9 Å². The summed E-state index contributed by atoms with van der Waals surface area (Å²) in [7, 11) is -3.82. The largest absolute Gasteiger partial charge is 0.544 e. The molecule has 156 valence electrons. The highest BCUT2D eigenvalue weighted by molar-refractivity contribution is 9.10. The van der Waals surface area contributed by atoms with Gasteiger partial charge in [0.15, 0.2) is 0 Å². The molecule has 0 bridgehead atoms. The second-order valence-electron chi connectivity index (χ2n) is 6.85. The third-order valence-electron chi connectivity index (χ3n) is 4.60. The van der Waals surface area contributed by atoms with E-state index in [4.69, 9.17) is 0 Å². The Morgan fingerprint density at radius 3 is 2.37 bits per heavy atom. The van der Waals surface area contributed by atoms with Gasteiger partial charge in [-0.3, -0.25) is 4.72 Å². The molecule has 3 N–H and O–H groups in total. The van der Waals surface area contributed by atoms with Crippen molar-refractivity contribution in [3.8, 4) is 0 Å². The number of nitrogens with one attached hydrogen (secondary N) is 1. The average Bonchev–Trinajstić information content (AvgIpc) is 2.71. The summed E-state index contributed by atoms with van der Waals surface area (Å²) in [5.41, 5.74) is 2.81. The van der Waals surface area contributed by atoms with Crippen LogP contribution in [0.25, 0.3) is 0 Å². The zero-order chi connectivity index (χ0) is 21.7. The van der Waals surface area contributed by atoms with Crippen LogP contribution in [-0.2, 0) is 14.8 Å². The van der Waals surface area contributed by atoms with Gasteiger partial charge < -0.3 is 15.2 Å². The maximum Gasteiger partial charge on any atom is 0.261 e. The summed E-state index contributed by atoms with van der Waals surface area (Å²) in [5.74, 6) is -1.20. The Morgan fingerprint density at radius 2 is 1.73 bits per heavy atom. The lowest BCUT2D eigenvalue weighted by molar-refractivity contribution is -0.682. The van der Waals surface area contributed by atoms with Crippen molar-refractivity contribution in [3.05, 3.63) is 94.0 Å². The second-order valence-corrected chi connectivity index (χ2v) is 9.45. The summed E-state index contributed by atoms with van der Waals surface area (Å²) in [4.78, 5) is 11.2. The quantitative estimate of drug-likeness (QED) is 0.505. The number of carbonyl (C=O) groups is 1. The highest BCUT2D eigenvalue weighted by Gasteiger charge is 2.24. The zero-order valence-corrected chi connectivity index (χ0v) is 18.6. The zero-order valence-electron chi connectivity index (χ0n) is 16.2. The predicted octanol–water partition coefficient (Wildman–Crippen LogP) is 1.96. The summed E-state index contributed by atoms with van der Waals surface area (Å²) in [5, 5.41) is 12.7. The molecule has 0 fully saturated rings. The number of aliphatic carboxylic acids is 1. The number of nitrogens with two attached hydrogens (primary N) is 1. The molecule has 0 amide bonds. The predicted molar refractivity (Wildman–Crippen MR) is 116 cm³/mol. The van der Waals surface area contributed by atoms with E-state index in [1.807, 2.05) is 37.3 Å². The van der Waals surface area contributed by atoms with Gasteiger partial charge in [0.05, 0.1) is 16.6 Å². The van der Waals surface area contributed by atoms with E-state index in [-0.39, 0.29) is 11.4 Å². The molecule has 0 aliphatic rings. The monoisotopic (exact) mass is 488 g/mol. The van der Waals surface area contributed by atoms with Gasteiger partial charge in [-0.15, -0.1) is 0 Å². The van der Waals surface area contributed by atoms with E-state index in [0.717, 1.165) is 15.6 Å². The number of hydrogen-bond donors (Lipinski definition) is 2. The Balaban J connectivity index is 2.04. The number of sulfonamides is 1. The van der Waals surface area contributed by atoms with Gasteiger partial charge in [-0.05, 0) is 37.3 Å². The Kier molecular flexibility index (Phi) is 6.91. The van der Waals surface area contributed by atoms with E-state index in [1.54, 1.807) is 47.8 Å². The molecule has 0 aliphatic carbocycles. The van der Waals surface area contributed by atoms with E-state index in [9.17, 15) is 18.3 Å². The SMILES string of the molecule is Cc1ccc(S(=O)(=O)Nc2ccc(Br)cc2[C@H]([NH2+]CC(=O)[O-])c2ccccc2)cc1. The highest BCUT2D eigenvalue weighted by atomic mass is 79.9. The second kappa shape index (κ2) is 9.42. The molecule has 30 heavy (non-hydrogen) atoms. The molecule has 1 atom stereocenters. The summed E-state index contributed by atoms with van der Waals surface area (Å²) in [6, 6.07) is 20.6. The molecule has 0 saturated heterocycles. The number of carbonyl (C=O) groups excluding carboxylic acids is 1. The van der Waals surface area contributed by atoms with Gasteiger partial charge in [0.2, 0.25) is 0 Å². The van der Waals surface area contributed by atoms with Gasteiger partial charge >= 0.3 is 0 Å². The number of quaternary nitrogens is 1. The van der Waals surface area contributed by atoms with E-state index in [0.29, 0.717) is 11.3 Å². The number of carboxylic acid groups (broad SMARTS) is 1. The third kappa shape index (κ3) is 5.47. The third-order valence-corrected chi connectivity index (χ3v) is 6.48. The maximum absolute atomic E-state index is 12.9. The molecule has 3 aromatic carbocycles. The molecular formula is C22H21BrN2O4S. The number of carboxylic acids is 1. The standard InChI is InChI=1S/C22H21BrN2O4S/c1-15-7-10-18(11-8-15)30(28,29)25-20-12-9-17(23)13-19(20)22(24-14-21(26)27)16-5-3-2-4-6-16/h2-13,22,24-25H,14H2,1H3,(H,26,27)/t22-/m1/s1. The van der Waals surface area contributed by atoms with Crippen LogP contribution in [0.1, 0.15) is 22.7 Å². The first kappa shape index (κ1) is 22.0. The van der Waals surface area contributed by atoms with E-state index in [1.165, 1.54) is 0 Å². The smallest absolute Gasteiger partial charge is 0.261 e. The summed E-state index contributed by atoms with van der Waals surface area (Å²) < 4.78 is 29.3. The number of benzene rings is 3. The Hall–Kier alpha value is -2.68. The molecule has 3 aromatic rings. The van der Waals surface area contributed by atoms with Crippen LogP contribution in [0.15, 0.2) is 82.2 Å². The molecule has 0 radical (unpaired) electrons. The van der Waals surface area contributed by atoms with Gasteiger partial charge in [-0.25, -0.2) is 8.42 Å². The first-order valence-corrected chi connectivity index (χ1v) is 11.5. The van der Waals surface area contributed by atoms with Crippen LogP contribution in [0.3, 0.4) is 0 Å². The van der Waals surface area contributed by atoms with E-state index in [2.05, 4.69) is 20.7 Å². The topological polar surface area (TPSA) is 103 Å². The molecular weight excluding hydrogens is 468 g/mol. The van der Waals surface area contributed by atoms with Crippen LogP contribution in [0.4, 0.5) is 5.69 Å². The van der Waals surface area contributed by atoms with Crippen molar-refractivity contribution < 1.29 is 23.6 Å². The lowest BCUT2D eigenvalue weighted by Crippen LogP contribution is -2.88. The molecule has 3 rings (SSSR count). The van der Waals surface area contributed by atoms with Crippen LogP contribution in [0, 0.1) is 6.92 Å². The van der Waals surface area contributed by atoms with Crippen molar-refractivity contribution in [3.63, 3.8) is 0 Å². The summed E-state index contributed by atoms with van der Waals surface area (Å²) in [6.07, 6.45) is 0. The van der Waals surface area contributed by atoms with Gasteiger partial charge in [-0.1, -0.05) is 64.0 Å². The number of hydrogen-bond acceptors (Lipinski definition) is 4. The van der Waals surface area contributed by atoms with Crippen LogP contribution in [0.2, 0.25) is 0 Å². The van der Waals surface area contributed by atoms with Crippen LogP contribution in [0.5, 0.6) is 0 Å². The number of aryl methyl sites for hydroxylation is 1. The minimum atomic E-state index is -3.82. The molecule has 0 unspecified atom stereocenters. The number of rotatable bonds is 8. The van der Waals surface area contributed by atoms with Gasteiger partial charge in [0.1, 0.15) is 12.6 Å². The lowest BCUT2D eigenvalue weighted by atomic mass is 9.97. The van der Waals surface area contributed by atoms with E-state index < -0.39 is 22.0 Å². The molecule has 0 aromatic heterocycles. The molecule has 0 heterocycles. The minimum Gasteiger partial charge on any atom is -0.544 e. The number of anilines is 1. The molecule has 0 saturated carbocycles. The Morgan fingerprint density at radius 1 is 1.07 bits per heavy atom. The maximum atomic E-state index is 12.9. The fourth-order valence-corrected chi connectivity index (χ4v) is 4.59. The summed E-state index contributed by atoms with van der Waals surface area (Å²) >= 11 is 3.43. The van der Waals surface area contributed by atoms with Crippen molar-refractivity contribution in [1.29, 1.82) is 0 Å². The first-order valence-electron chi connectivity index (χ1n) is 9.23. The van der Waals surface area contributed by atoms with Crippen molar-refractivity contribution in [2.24, 2.45) is 0 Å². The molecule has 0 aliphatic heterocycles. The van der Waals surface area contributed by atoms with Crippen molar-refractivity contribution in [2.75, 3.05) is 11.3 Å². The van der Waals surface area contributed by atoms with Crippen molar-refractivity contribution >= 4 is 37.6 Å². The summed E-state index contributed by atoms with van der Waals surface area (Å²) in [6.45, 7) is 1.62. The van der Waals surface area contributed by atoms with Crippen molar-refractivity contribution in [2.45, 2.75) is 17.9 Å². The first-order chi connectivity index (χ1) is 14.3. The average molecular weight is 489 g/mol. The van der Waals surface area contributed by atoms with Gasteiger partial charge in [0, 0.05) is 15.6 Å². The minimum absolute atomic E-state index is 0.150. The Bertz CT molecular complexity index is 1130. The highest BCUT2D eigenvalue weighted by Crippen LogP contribution is 2.30. The van der Waals surface area contributed by atoms with Crippen LogP contribution < -0.4 is 15.1 Å². The number of halogens is 1. The van der Waals surface area contributed by atoms with E-state index >= 15 is 0 Å². The van der Waals surface area contributed by atoms with Gasteiger partial charge in [-0.2, -0.15) is 0 Å². The Labute approximate surface area is 184 Å². The normalized spacial score (nSPS) is 12.3.